The Morgan fingerprint density at radius 3 is 2.63 bits per heavy atom. The highest BCUT2D eigenvalue weighted by Crippen LogP contribution is 2.61. The number of aromatic nitrogens is 2. The van der Waals surface area contributed by atoms with E-state index in [1.54, 1.807) is 23.0 Å². The SMILES string of the molecule is CC1C(N=C(Nc2ccc3c(=O)n(CCc4ccc(F)cc4)cnc3c2)N2CCN(O)C(C)C2)CC2CC1C2(C)C. The van der Waals surface area contributed by atoms with Crippen molar-refractivity contribution in [3.8, 4) is 0 Å². The molecule has 4 aliphatic rings. The Morgan fingerprint density at radius 1 is 1.15 bits per heavy atom. The zero-order chi connectivity index (χ0) is 28.9. The second-order valence-electron chi connectivity index (χ2n) is 12.9. The Balaban J connectivity index is 1.24. The van der Waals surface area contributed by atoms with E-state index >= 15 is 0 Å². The van der Waals surface area contributed by atoms with Crippen LogP contribution in [-0.2, 0) is 13.0 Å². The van der Waals surface area contributed by atoms with E-state index in [1.165, 1.54) is 23.6 Å². The van der Waals surface area contributed by atoms with Gasteiger partial charge >= 0.3 is 0 Å². The van der Waals surface area contributed by atoms with Crippen molar-refractivity contribution in [1.82, 2.24) is 19.5 Å². The van der Waals surface area contributed by atoms with E-state index in [1.807, 2.05) is 25.1 Å². The molecule has 4 fully saturated rings. The van der Waals surface area contributed by atoms with Crippen LogP contribution in [0.15, 0.2) is 58.6 Å². The molecule has 0 radical (unpaired) electrons. The molecule has 5 atom stereocenters. The smallest absolute Gasteiger partial charge is 0.261 e. The molecule has 2 bridgehead atoms. The molecule has 8 nitrogen and oxygen atoms in total. The van der Waals surface area contributed by atoms with Gasteiger partial charge in [-0.3, -0.25) is 9.36 Å². The van der Waals surface area contributed by atoms with Crippen LogP contribution in [0.25, 0.3) is 10.9 Å². The minimum Gasteiger partial charge on any atom is -0.340 e. The molecule has 1 aliphatic heterocycles. The molecule has 9 heteroatoms. The predicted octanol–water partition coefficient (Wildman–Crippen LogP) is 5.01. The first-order valence-electron chi connectivity index (χ1n) is 14.9. The van der Waals surface area contributed by atoms with Crippen molar-refractivity contribution in [2.45, 2.75) is 65.6 Å². The monoisotopic (exact) mass is 560 g/mol. The van der Waals surface area contributed by atoms with E-state index in [4.69, 9.17) is 4.99 Å². The lowest BCUT2D eigenvalue weighted by molar-refractivity contribution is -0.142. The van der Waals surface area contributed by atoms with Crippen LogP contribution in [0.2, 0.25) is 0 Å². The molecule has 218 valence electrons. The minimum absolute atomic E-state index is 0.00138. The summed E-state index contributed by atoms with van der Waals surface area (Å²) in [6.45, 7) is 11.6. The quantitative estimate of drug-likeness (QED) is 0.337. The standard InChI is InChI=1S/C32H41FN6O2/c1-20-18-37(13-14-39(20)41)31(36-28-16-23-15-27(21(28)2)32(23,3)4)35-25-9-10-26-29(17-25)34-19-38(30(26)40)12-11-22-5-7-24(33)8-6-22/h5-10,17,19-21,23,27-28,41H,11-16,18H2,1-4H3,(H,35,36). The van der Waals surface area contributed by atoms with Gasteiger partial charge in [0.05, 0.1) is 23.3 Å². The van der Waals surface area contributed by atoms with Gasteiger partial charge < -0.3 is 15.4 Å². The van der Waals surface area contributed by atoms with Crippen molar-refractivity contribution in [2.75, 3.05) is 25.0 Å². The highest BCUT2D eigenvalue weighted by Gasteiger charge is 2.56. The maximum absolute atomic E-state index is 13.2. The van der Waals surface area contributed by atoms with Crippen LogP contribution in [0.1, 0.15) is 46.1 Å². The van der Waals surface area contributed by atoms with Gasteiger partial charge in [0.2, 0.25) is 0 Å². The van der Waals surface area contributed by atoms with Gasteiger partial charge in [-0.05, 0) is 85.3 Å². The number of guanidine groups is 1. The molecule has 5 unspecified atom stereocenters. The molecule has 1 saturated heterocycles. The number of hydrogen-bond donors (Lipinski definition) is 2. The van der Waals surface area contributed by atoms with Crippen LogP contribution in [0.3, 0.4) is 0 Å². The van der Waals surface area contributed by atoms with Gasteiger partial charge in [-0.15, -0.1) is 0 Å². The van der Waals surface area contributed by atoms with Gasteiger partial charge in [-0.2, -0.15) is 5.06 Å². The first kappa shape index (κ1) is 27.8. The molecule has 2 heterocycles. The van der Waals surface area contributed by atoms with Gasteiger partial charge in [-0.1, -0.05) is 32.9 Å². The van der Waals surface area contributed by atoms with Gasteiger partial charge in [0.25, 0.3) is 5.56 Å². The van der Waals surface area contributed by atoms with Gasteiger partial charge in [0.1, 0.15) is 5.82 Å². The molecule has 41 heavy (non-hydrogen) atoms. The van der Waals surface area contributed by atoms with Crippen LogP contribution in [-0.4, -0.2) is 62.4 Å². The number of hydrogen-bond acceptors (Lipinski definition) is 5. The molecule has 1 aromatic heterocycles. The summed E-state index contributed by atoms with van der Waals surface area (Å²) in [5.74, 6) is 2.47. The summed E-state index contributed by atoms with van der Waals surface area (Å²) in [7, 11) is 0. The van der Waals surface area contributed by atoms with Crippen molar-refractivity contribution < 1.29 is 9.60 Å². The third-order valence-corrected chi connectivity index (χ3v) is 10.1. The maximum Gasteiger partial charge on any atom is 0.261 e. The van der Waals surface area contributed by atoms with Crippen molar-refractivity contribution in [3.63, 3.8) is 0 Å². The van der Waals surface area contributed by atoms with Crippen molar-refractivity contribution in [1.29, 1.82) is 0 Å². The zero-order valence-corrected chi connectivity index (χ0v) is 24.4. The Hall–Kier alpha value is -3.30. The van der Waals surface area contributed by atoms with Crippen LogP contribution in [0.5, 0.6) is 0 Å². The molecule has 0 amide bonds. The number of halogens is 1. The van der Waals surface area contributed by atoms with E-state index in [-0.39, 0.29) is 23.5 Å². The summed E-state index contributed by atoms with van der Waals surface area (Å²) >= 11 is 0. The summed E-state index contributed by atoms with van der Waals surface area (Å²) in [4.78, 5) is 25.4. The van der Waals surface area contributed by atoms with Crippen LogP contribution < -0.4 is 10.9 Å². The number of benzene rings is 2. The van der Waals surface area contributed by atoms with Crippen LogP contribution in [0.4, 0.5) is 10.1 Å². The third-order valence-electron chi connectivity index (χ3n) is 10.1. The van der Waals surface area contributed by atoms with Crippen molar-refractivity contribution >= 4 is 22.5 Å². The summed E-state index contributed by atoms with van der Waals surface area (Å²) in [5.41, 5.74) is 2.73. The van der Waals surface area contributed by atoms with E-state index < -0.39 is 0 Å². The Bertz CT molecular complexity index is 1500. The largest absolute Gasteiger partial charge is 0.340 e. The number of nitrogens with one attached hydrogen (secondary N) is 1. The molecule has 2 aromatic carbocycles. The fraction of sp³-hybridized carbons (Fsp3) is 0.531. The van der Waals surface area contributed by atoms with Gasteiger partial charge in [0, 0.05) is 37.9 Å². The van der Waals surface area contributed by atoms with Crippen LogP contribution >= 0.6 is 0 Å². The van der Waals surface area contributed by atoms with E-state index in [0.717, 1.165) is 23.6 Å². The summed E-state index contributed by atoms with van der Waals surface area (Å²) in [6.07, 6.45) is 4.61. The number of fused-ring (bicyclic) bond motifs is 3. The number of aryl methyl sites for hydroxylation is 2. The minimum atomic E-state index is -0.269. The highest BCUT2D eigenvalue weighted by atomic mass is 19.1. The lowest BCUT2D eigenvalue weighted by Gasteiger charge is -2.61. The second-order valence-corrected chi connectivity index (χ2v) is 12.9. The predicted molar refractivity (Wildman–Crippen MR) is 160 cm³/mol. The Morgan fingerprint density at radius 2 is 1.93 bits per heavy atom. The first-order valence-corrected chi connectivity index (χ1v) is 14.9. The molecule has 3 saturated carbocycles. The third kappa shape index (κ3) is 5.37. The van der Waals surface area contributed by atoms with Crippen LogP contribution in [0, 0.1) is 29.0 Å². The fourth-order valence-electron chi connectivity index (χ4n) is 7.21. The van der Waals surface area contributed by atoms with Crippen molar-refractivity contribution in [2.24, 2.45) is 28.2 Å². The number of aliphatic imine (C=N–C) groups is 1. The number of anilines is 1. The van der Waals surface area contributed by atoms with E-state index in [0.29, 0.717) is 66.7 Å². The molecule has 3 aliphatic carbocycles. The summed E-state index contributed by atoms with van der Waals surface area (Å²) < 4.78 is 14.8. The normalized spacial score (nSPS) is 28.0. The topological polar surface area (TPSA) is 86.0 Å². The van der Waals surface area contributed by atoms with Crippen molar-refractivity contribution in [3.05, 3.63) is 70.5 Å². The molecule has 2 N–H and O–H groups in total. The Kier molecular flexibility index (Phi) is 7.36. The maximum atomic E-state index is 13.2. The molecule has 0 spiro atoms. The number of nitrogens with zero attached hydrogens (tertiary/aromatic N) is 5. The lowest BCUT2D eigenvalue weighted by atomic mass is 9.45. The van der Waals surface area contributed by atoms with E-state index in [9.17, 15) is 14.4 Å². The number of piperazine rings is 1. The molecular formula is C32H41FN6O2. The highest BCUT2D eigenvalue weighted by molar-refractivity contribution is 5.96. The van der Waals surface area contributed by atoms with Gasteiger partial charge in [0.15, 0.2) is 5.96 Å². The zero-order valence-electron chi connectivity index (χ0n) is 24.4. The number of rotatable bonds is 5. The average Bonchev–Trinajstić information content (AvgIpc) is 2.95. The molecule has 3 aromatic rings. The summed E-state index contributed by atoms with van der Waals surface area (Å²) in [6, 6.07) is 12.3. The second kappa shape index (κ2) is 10.8. The van der Waals surface area contributed by atoms with E-state index in [2.05, 4.69) is 36.0 Å². The van der Waals surface area contributed by atoms with Gasteiger partial charge in [-0.25, -0.2) is 14.4 Å². The number of hydroxylamine groups is 2. The fourth-order valence-corrected chi connectivity index (χ4v) is 7.21. The molecular weight excluding hydrogens is 519 g/mol. The summed E-state index contributed by atoms with van der Waals surface area (Å²) in [5, 5.41) is 15.7. The lowest BCUT2D eigenvalue weighted by Crippen LogP contribution is -2.57. The Labute approximate surface area is 240 Å². The average molecular weight is 561 g/mol. The molecule has 7 rings (SSSR count). The first-order chi connectivity index (χ1) is 19.6.